The van der Waals surface area contributed by atoms with E-state index in [1.165, 1.54) is 19.2 Å². The monoisotopic (exact) mass is 201 g/mol. The maximum atomic E-state index is 13.4. The maximum Gasteiger partial charge on any atom is 0.130 e. The van der Waals surface area contributed by atoms with E-state index < -0.39 is 12.0 Å². The largest absolute Gasteiger partial charge is 0.496 e. The van der Waals surface area contributed by atoms with Crippen LogP contribution in [0.25, 0.3) is 0 Å². The molecule has 1 unspecified atom stereocenters. The molecule has 0 saturated carbocycles. The van der Waals surface area contributed by atoms with Crippen molar-refractivity contribution in [2.75, 3.05) is 13.7 Å². The Bertz CT molecular complexity index is 304. The minimum atomic E-state index is -1.27. The molecule has 4 heteroatoms. The summed E-state index contributed by atoms with van der Waals surface area (Å²) in [5, 5.41) is 0. The molecular weight excluding hydrogens is 188 g/mol. The van der Waals surface area contributed by atoms with Crippen molar-refractivity contribution in [2.45, 2.75) is 12.6 Å². The fraction of sp³-hybridized carbons (Fsp3) is 0.400. The summed E-state index contributed by atoms with van der Waals surface area (Å²) >= 11 is 0. The Morgan fingerprint density at radius 1 is 1.50 bits per heavy atom. The van der Waals surface area contributed by atoms with E-state index in [9.17, 15) is 8.78 Å². The van der Waals surface area contributed by atoms with Crippen LogP contribution >= 0.6 is 0 Å². The van der Waals surface area contributed by atoms with Gasteiger partial charge in [0.15, 0.2) is 0 Å². The third-order valence-electron chi connectivity index (χ3n) is 1.95. The van der Waals surface area contributed by atoms with Gasteiger partial charge in [-0.15, -0.1) is 0 Å². The van der Waals surface area contributed by atoms with Crippen molar-refractivity contribution in [3.63, 3.8) is 0 Å². The van der Waals surface area contributed by atoms with Gasteiger partial charge in [0.1, 0.15) is 17.7 Å². The van der Waals surface area contributed by atoms with Gasteiger partial charge in [0.2, 0.25) is 0 Å². The zero-order valence-corrected chi connectivity index (χ0v) is 7.97. The van der Waals surface area contributed by atoms with Gasteiger partial charge in [0.25, 0.3) is 0 Å². The highest BCUT2D eigenvalue weighted by atomic mass is 19.1. The lowest BCUT2D eigenvalue weighted by atomic mass is 10.1. The van der Waals surface area contributed by atoms with Crippen molar-refractivity contribution in [3.05, 3.63) is 29.6 Å². The molecular formula is C10H13F2NO. The normalized spacial score (nSPS) is 12.6. The second-order valence-electron chi connectivity index (χ2n) is 2.93. The Morgan fingerprint density at radius 2 is 2.21 bits per heavy atom. The summed E-state index contributed by atoms with van der Waals surface area (Å²) in [5.41, 5.74) is 5.44. The number of ether oxygens (including phenoxy) is 1. The van der Waals surface area contributed by atoms with Crippen LogP contribution in [-0.2, 0) is 0 Å². The van der Waals surface area contributed by atoms with Crippen molar-refractivity contribution < 1.29 is 13.5 Å². The summed E-state index contributed by atoms with van der Waals surface area (Å²) in [4.78, 5) is 0. The summed E-state index contributed by atoms with van der Waals surface area (Å²) < 4.78 is 31.2. The van der Waals surface area contributed by atoms with E-state index in [0.29, 0.717) is 5.75 Å². The van der Waals surface area contributed by atoms with Gasteiger partial charge in [-0.25, -0.2) is 8.78 Å². The Hall–Kier alpha value is -1.16. The first-order valence-corrected chi connectivity index (χ1v) is 4.36. The first-order valence-electron chi connectivity index (χ1n) is 4.36. The number of benzene rings is 1. The summed E-state index contributed by atoms with van der Waals surface area (Å²) in [6.07, 6.45) is -1.11. The fourth-order valence-corrected chi connectivity index (χ4v) is 1.25. The Kier molecular flexibility index (Phi) is 3.83. The first kappa shape index (κ1) is 10.9. The van der Waals surface area contributed by atoms with Crippen LogP contribution in [0.15, 0.2) is 18.2 Å². The van der Waals surface area contributed by atoms with Gasteiger partial charge in [0, 0.05) is 5.56 Å². The molecule has 78 valence electrons. The van der Waals surface area contributed by atoms with Gasteiger partial charge >= 0.3 is 0 Å². The molecule has 0 aliphatic rings. The van der Waals surface area contributed by atoms with Crippen LogP contribution in [0.5, 0.6) is 5.75 Å². The van der Waals surface area contributed by atoms with Gasteiger partial charge in [0.05, 0.1) is 7.11 Å². The van der Waals surface area contributed by atoms with E-state index in [1.54, 1.807) is 0 Å². The predicted octanol–water partition coefficient (Wildman–Crippen LogP) is 2.19. The maximum absolute atomic E-state index is 13.4. The molecule has 0 aromatic heterocycles. The van der Waals surface area contributed by atoms with Crippen LogP contribution in [0.3, 0.4) is 0 Å². The average molecular weight is 201 g/mol. The van der Waals surface area contributed by atoms with E-state index in [0.717, 1.165) is 6.07 Å². The van der Waals surface area contributed by atoms with E-state index in [4.69, 9.17) is 10.5 Å². The Balaban J connectivity index is 2.97. The molecule has 0 aliphatic carbocycles. The number of halogens is 2. The minimum absolute atomic E-state index is 0.166. The smallest absolute Gasteiger partial charge is 0.130 e. The highest BCUT2D eigenvalue weighted by molar-refractivity contribution is 5.35. The van der Waals surface area contributed by atoms with Crippen molar-refractivity contribution in [3.8, 4) is 5.75 Å². The lowest BCUT2D eigenvalue weighted by molar-refractivity contribution is 0.310. The second-order valence-corrected chi connectivity index (χ2v) is 2.93. The number of hydrogen-bond acceptors (Lipinski definition) is 2. The minimum Gasteiger partial charge on any atom is -0.496 e. The van der Waals surface area contributed by atoms with E-state index in [-0.39, 0.29) is 18.5 Å². The summed E-state index contributed by atoms with van der Waals surface area (Å²) in [6.45, 7) is 0.223. The first-order chi connectivity index (χ1) is 6.69. The van der Waals surface area contributed by atoms with Crippen LogP contribution in [0.4, 0.5) is 8.78 Å². The van der Waals surface area contributed by atoms with Gasteiger partial charge in [-0.1, -0.05) is 0 Å². The third kappa shape index (κ3) is 2.42. The molecule has 0 amide bonds. The molecule has 0 saturated heterocycles. The van der Waals surface area contributed by atoms with E-state index >= 15 is 0 Å². The Morgan fingerprint density at radius 3 is 2.79 bits per heavy atom. The number of nitrogens with two attached hydrogens (primary N) is 1. The van der Waals surface area contributed by atoms with Gasteiger partial charge < -0.3 is 10.5 Å². The van der Waals surface area contributed by atoms with E-state index in [1.807, 2.05) is 0 Å². The highest BCUT2D eigenvalue weighted by Gasteiger charge is 2.14. The molecule has 0 bridgehead atoms. The fourth-order valence-electron chi connectivity index (χ4n) is 1.25. The van der Waals surface area contributed by atoms with Crippen molar-refractivity contribution >= 4 is 0 Å². The zero-order valence-electron chi connectivity index (χ0n) is 7.97. The number of alkyl halides is 1. The summed E-state index contributed by atoms with van der Waals surface area (Å²) in [7, 11) is 1.42. The molecule has 1 rings (SSSR count). The Labute approximate surface area is 81.7 Å². The predicted molar refractivity (Wildman–Crippen MR) is 50.5 cm³/mol. The standard InChI is InChI=1S/C10H13F2NO/c1-14-10-3-2-7(11)6-8(10)9(12)4-5-13/h2-3,6,9H,4-5,13H2,1H3. The van der Waals surface area contributed by atoms with Crippen LogP contribution < -0.4 is 10.5 Å². The molecule has 0 radical (unpaired) electrons. The second kappa shape index (κ2) is 4.91. The van der Waals surface area contributed by atoms with Gasteiger partial charge in [-0.2, -0.15) is 0 Å². The average Bonchev–Trinajstić information content (AvgIpc) is 2.18. The molecule has 0 aliphatic heterocycles. The SMILES string of the molecule is COc1ccc(F)cc1C(F)CCN. The van der Waals surface area contributed by atoms with Crippen molar-refractivity contribution in [1.29, 1.82) is 0 Å². The molecule has 0 fully saturated rings. The molecule has 2 N–H and O–H groups in total. The molecule has 2 nitrogen and oxygen atoms in total. The van der Waals surface area contributed by atoms with Gasteiger partial charge in [-0.05, 0) is 31.2 Å². The van der Waals surface area contributed by atoms with Crippen LogP contribution in [0.1, 0.15) is 18.2 Å². The zero-order chi connectivity index (χ0) is 10.6. The quantitative estimate of drug-likeness (QED) is 0.810. The number of hydrogen-bond donors (Lipinski definition) is 1. The van der Waals surface area contributed by atoms with Crippen LogP contribution in [-0.4, -0.2) is 13.7 Å². The third-order valence-corrected chi connectivity index (χ3v) is 1.95. The highest BCUT2D eigenvalue weighted by Crippen LogP contribution is 2.30. The molecule has 1 aromatic rings. The topological polar surface area (TPSA) is 35.2 Å². The molecule has 0 heterocycles. The van der Waals surface area contributed by atoms with Crippen LogP contribution in [0, 0.1) is 5.82 Å². The molecule has 1 atom stereocenters. The summed E-state index contributed by atoms with van der Waals surface area (Å²) in [6, 6.07) is 3.78. The van der Waals surface area contributed by atoms with E-state index in [2.05, 4.69) is 0 Å². The number of rotatable bonds is 4. The lowest BCUT2D eigenvalue weighted by Gasteiger charge is -2.11. The lowest BCUT2D eigenvalue weighted by Crippen LogP contribution is -2.05. The number of methoxy groups -OCH3 is 1. The molecule has 0 spiro atoms. The van der Waals surface area contributed by atoms with Crippen molar-refractivity contribution in [2.24, 2.45) is 5.73 Å². The van der Waals surface area contributed by atoms with Crippen LogP contribution in [0.2, 0.25) is 0 Å². The molecule has 1 aromatic carbocycles. The van der Waals surface area contributed by atoms with Crippen molar-refractivity contribution in [1.82, 2.24) is 0 Å². The molecule has 14 heavy (non-hydrogen) atoms. The summed E-state index contributed by atoms with van der Waals surface area (Å²) in [5.74, 6) is -0.118. The van der Waals surface area contributed by atoms with Gasteiger partial charge in [-0.3, -0.25) is 0 Å².